The minimum absolute atomic E-state index is 0.0937. The van der Waals surface area contributed by atoms with E-state index in [1.54, 1.807) is 0 Å². The Bertz CT molecular complexity index is 1650. The van der Waals surface area contributed by atoms with Crippen molar-refractivity contribution < 1.29 is 28.6 Å². The molecule has 456 valence electrons. The van der Waals surface area contributed by atoms with Crippen LogP contribution in [0.3, 0.4) is 0 Å². The Kier molecular flexibility index (Phi) is 63.8. The van der Waals surface area contributed by atoms with Crippen LogP contribution in [-0.2, 0) is 28.6 Å². The van der Waals surface area contributed by atoms with Crippen LogP contribution in [0.5, 0.6) is 0 Å². The number of esters is 3. The molecule has 0 spiro atoms. The molecule has 0 saturated heterocycles. The van der Waals surface area contributed by atoms with Crippen molar-refractivity contribution in [3.8, 4) is 0 Å². The molecule has 0 aromatic rings. The number of carbonyl (C=O) groups is 3. The molecule has 0 aliphatic heterocycles. The lowest BCUT2D eigenvalue weighted by molar-refractivity contribution is -0.167. The summed E-state index contributed by atoms with van der Waals surface area (Å²) >= 11 is 0. The average molecular weight is 1110 g/mol. The zero-order valence-corrected chi connectivity index (χ0v) is 52.3. The van der Waals surface area contributed by atoms with Crippen molar-refractivity contribution in [1.82, 2.24) is 0 Å². The predicted molar refractivity (Wildman–Crippen MR) is 348 cm³/mol. The highest BCUT2D eigenvalue weighted by atomic mass is 16.6. The summed E-state index contributed by atoms with van der Waals surface area (Å²) in [6.07, 6.45) is 93.4. The summed E-state index contributed by atoms with van der Waals surface area (Å²) < 4.78 is 16.9. The fourth-order valence-corrected chi connectivity index (χ4v) is 9.15. The van der Waals surface area contributed by atoms with Gasteiger partial charge in [-0.05, 0) is 135 Å². The van der Waals surface area contributed by atoms with Crippen molar-refractivity contribution in [3.63, 3.8) is 0 Å². The molecule has 0 rings (SSSR count). The van der Waals surface area contributed by atoms with Gasteiger partial charge in [0.2, 0.25) is 0 Å². The van der Waals surface area contributed by atoms with E-state index in [2.05, 4.69) is 142 Å². The highest BCUT2D eigenvalue weighted by Crippen LogP contribution is 2.15. The normalized spacial score (nSPS) is 12.9. The Morgan fingerprint density at radius 1 is 0.263 bits per heavy atom. The van der Waals surface area contributed by atoms with Gasteiger partial charge >= 0.3 is 17.9 Å². The van der Waals surface area contributed by atoms with Crippen molar-refractivity contribution in [1.29, 1.82) is 0 Å². The van der Waals surface area contributed by atoms with Crippen molar-refractivity contribution in [2.75, 3.05) is 13.2 Å². The van der Waals surface area contributed by atoms with Gasteiger partial charge < -0.3 is 14.2 Å². The second-order valence-corrected chi connectivity index (χ2v) is 22.0. The molecule has 0 saturated carbocycles. The molecule has 80 heavy (non-hydrogen) atoms. The van der Waals surface area contributed by atoms with Gasteiger partial charge in [-0.15, -0.1) is 0 Å². The van der Waals surface area contributed by atoms with Gasteiger partial charge in [-0.1, -0.05) is 277 Å². The molecule has 0 radical (unpaired) electrons. The smallest absolute Gasteiger partial charge is 0.306 e. The minimum Gasteiger partial charge on any atom is -0.462 e. The Hall–Kier alpha value is -4.19. The Labute approximate surface area is 494 Å². The van der Waals surface area contributed by atoms with E-state index in [1.165, 1.54) is 122 Å². The number of carbonyl (C=O) groups excluding carboxylic acids is 3. The summed E-state index contributed by atoms with van der Waals surface area (Å²) in [5.41, 5.74) is 0. The molecule has 0 fully saturated rings. The quantitative estimate of drug-likeness (QED) is 0.0261. The molecule has 0 aromatic heterocycles. The molecule has 0 aromatic carbocycles. The first kappa shape index (κ1) is 75.8. The van der Waals surface area contributed by atoms with E-state index >= 15 is 0 Å². The third-order valence-corrected chi connectivity index (χ3v) is 14.2. The first-order valence-corrected chi connectivity index (χ1v) is 33.5. The maximum absolute atomic E-state index is 12.9. The lowest BCUT2D eigenvalue weighted by Gasteiger charge is -2.18. The van der Waals surface area contributed by atoms with E-state index in [0.717, 1.165) is 148 Å². The van der Waals surface area contributed by atoms with Gasteiger partial charge in [0, 0.05) is 19.3 Å². The standard InChI is InChI=1S/C74H124O6/c1-4-7-10-13-16-19-22-25-28-31-33-34-35-36-37-38-39-40-42-43-46-49-52-55-58-61-64-67-73(76)79-70-71(69-78-72(75)66-63-60-57-54-51-48-45-30-27-24-21-18-15-12-9-6-3)80-74(77)68-65-62-59-56-53-50-47-44-41-32-29-26-23-20-17-14-11-8-5-2/h7,10,16,19,21,24-26,28-30,33-34,36-37,39-40,43,45-46,71H,4-6,8-9,11-15,17-18,20,22-23,27,31-32,35,38,41-42,44,47-70H2,1-3H3/b10-7-,19-16-,24-21-,28-25-,29-26-,34-33-,37-36-,40-39-,45-30-,46-43-. The van der Waals surface area contributed by atoms with Crippen LogP contribution in [0.15, 0.2) is 122 Å². The number of hydrogen-bond donors (Lipinski definition) is 0. The monoisotopic (exact) mass is 1110 g/mol. The highest BCUT2D eigenvalue weighted by Gasteiger charge is 2.19. The zero-order chi connectivity index (χ0) is 57.8. The highest BCUT2D eigenvalue weighted by molar-refractivity contribution is 5.71. The van der Waals surface area contributed by atoms with Crippen LogP contribution in [0.4, 0.5) is 0 Å². The number of allylic oxidation sites excluding steroid dienone is 20. The number of ether oxygens (including phenoxy) is 3. The van der Waals surface area contributed by atoms with Gasteiger partial charge in [0.05, 0.1) is 0 Å². The molecule has 6 heteroatoms. The van der Waals surface area contributed by atoms with Crippen molar-refractivity contribution in [2.45, 2.75) is 316 Å². The molecular weight excluding hydrogens is 985 g/mol. The number of hydrogen-bond acceptors (Lipinski definition) is 6. The summed E-state index contributed by atoms with van der Waals surface area (Å²) in [6.45, 7) is 6.50. The van der Waals surface area contributed by atoms with Crippen molar-refractivity contribution >= 4 is 17.9 Å². The number of unbranched alkanes of at least 4 members (excludes halogenated alkanes) is 29. The SMILES string of the molecule is CC/C=C\C/C=C\C/C=C\C/C=C\C/C=C\C/C=C\C/C=C\CCCCCCCC(=O)OCC(COC(=O)CCCCCCC/C=C\C/C=C\CCCCCC)OC(=O)CCCCCCCCCCC/C=C\CCCCCCCC. The second kappa shape index (κ2) is 67.3. The fourth-order valence-electron chi connectivity index (χ4n) is 9.15. The minimum atomic E-state index is -0.798. The predicted octanol–water partition coefficient (Wildman–Crippen LogP) is 23.2. The molecule has 0 aliphatic carbocycles. The third-order valence-electron chi connectivity index (χ3n) is 14.2. The van der Waals surface area contributed by atoms with Crippen LogP contribution in [0.2, 0.25) is 0 Å². The first-order valence-electron chi connectivity index (χ1n) is 33.5. The average Bonchev–Trinajstić information content (AvgIpc) is 3.46. The van der Waals surface area contributed by atoms with Gasteiger partial charge in [-0.2, -0.15) is 0 Å². The first-order chi connectivity index (χ1) is 39.5. The van der Waals surface area contributed by atoms with Crippen LogP contribution in [0.25, 0.3) is 0 Å². The van der Waals surface area contributed by atoms with Gasteiger partial charge in [0.15, 0.2) is 6.10 Å². The Morgan fingerprint density at radius 2 is 0.487 bits per heavy atom. The number of rotatable bonds is 60. The molecule has 1 atom stereocenters. The molecular formula is C74H124O6. The zero-order valence-electron chi connectivity index (χ0n) is 52.3. The lowest BCUT2D eigenvalue weighted by atomic mass is 10.1. The second-order valence-electron chi connectivity index (χ2n) is 22.0. The van der Waals surface area contributed by atoms with Crippen LogP contribution in [-0.4, -0.2) is 37.2 Å². The summed E-state index contributed by atoms with van der Waals surface area (Å²) in [5, 5.41) is 0. The van der Waals surface area contributed by atoms with E-state index in [9.17, 15) is 14.4 Å². The molecule has 0 aliphatic rings. The van der Waals surface area contributed by atoms with Crippen molar-refractivity contribution in [2.24, 2.45) is 0 Å². The summed E-state index contributed by atoms with van der Waals surface area (Å²) in [4.78, 5) is 38.4. The van der Waals surface area contributed by atoms with E-state index in [1.807, 2.05) is 0 Å². The molecule has 0 N–H and O–H groups in total. The van der Waals surface area contributed by atoms with E-state index in [4.69, 9.17) is 14.2 Å². The molecule has 0 heterocycles. The topological polar surface area (TPSA) is 78.9 Å². The van der Waals surface area contributed by atoms with Crippen LogP contribution in [0.1, 0.15) is 310 Å². The van der Waals surface area contributed by atoms with Crippen LogP contribution in [0, 0.1) is 0 Å². The maximum atomic E-state index is 12.9. The summed E-state index contributed by atoms with van der Waals surface area (Å²) in [5.74, 6) is -0.920. The van der Waals surface area contributed by atoms with Gasteiger partial charge in [-0.25, -0.2) is 0 Å². The Balaban J connectivity index is 4.43. The van der Waals surface area contributed by atoms with Gasteiger partial charge in [0.25, 0.3) is 0 Å². The van der Waals surface area contributed by atoms with Gasteiger partial charge in [-0.3, -0.25) is 14.4 Å². The van der Waals surface area contributed by atoms with Crippen LogP contribution < -0.4 is 0 Å². The third kappa shape index (κ3) is 64.6. The largest absolute Gasteiger partial charge is 0.462 e. The summed E-state index contributed by atoms with van der Waals surface area (Å²) in [6, 6.07) is 0. The van der Waals surface area contributed by atoms with Crippen LogP contribution >= 0.6 is 0 Å². The van der Waals surface area contributed by atoms with E-state index in [-0.39, 0.29) is 31.1 Å². The molecule has 0 bridgehead atoms. The fraction of sp³-hybridized carbons (Fsp3) is 0.689. The maximum Gasteiger partial charge on any atom is 0.306 e. The Morgan fingerprint density at radius 3 is 0.787 bits per heavy atom. The molecule has 0 amide bonds. The summed E-state index contributed by atoms with van der Waals surface area (Å²) in [7, 11) is 0. The van der Waals surface area contributed by atoms with Gasteiger partial charge in [0.1, 0.15) is 13.2 Å². The van der Waals surface area contributed by atoms with E-state index in [0.29, 0.717) is 19.3 Å². The molecule has 1 unspecified atom stereocenters. The van der Waals surface area contributed by atoms with Crippen molar-refractivity contribution in [3.05, 3.63) is 122 Å². The molecule has 6 nitrogen and oxygen atoms in total. The lowest BCUT2D eigenvalue weighted by Crippen LogP contribution is -2.30. The van der Waals surface area contributed by atoms with E-state index < -0.39 is 6.10 Å².